The number of amides is 1. The van der Waals surface area contributed by atoms with Crippen molar-refractivity contribution in [2.24, 2.45) is 0 Å². The Morgan fingerprint density at radius 2 is 2.17 bits per heavy atom. The van der Waals surface area contributed by atoms with Crippen molar-refractivity contribution in [2.75, 3.05) is 13.6 Å². The predicted molar refractivity (Wildman–Crippen MR) is 48.8 cm³/mol. The molecule has 0 radical (unpaired) electrons. The first-order valence-electron chi connectivity index (χ1n) is 4.42. The van der Waals surface area contributed by atoms with E-state index >= 15 is 0 Å². The van der Waals surface area contributed by atoms with E-state index in [0.29, 0.717) is 12.5 Å². The number of carbonyl (C=O) groups is 1. The Bertz CT molecular complexity index is 169. The maximum atomic E-state index is 11.2. The summed E-state index contributed by atoms with van der Waals surface area (Å²) < 4.78 is 0. The van der Waals surface area contributed by atoms with Crippen LogP contribution in [0.15, 0.2) is 12.2 Å². The standard InChI is InChI=1S/C9H16N2O/c1-10-7-6-9(12)11-8-4-2-3-5-8/h2-3,8,10H,4-7H2,1H3,(H,11,12). The summed E-state index contributed by atoms with van der Waals surface area (Å²) >= 11 is 0. The van der Waals surface area contributed by atoms with Crippen molar-refractivity contribution in [2.45, 2.75) is 25.3 Å². The first-order chi connectivity index (χ1) is 5.83. The van der Waals surface area contributed by atoms with Crippen molar-refractivity contribution in [3.05, 3.63) is 12.2 Å². The van der Waals surface area contributed by atoms with Gasteiger partial charge in [0.15, 0.2) is 0 Å². The molecule has 0 heterocycles. The van der Waals surface area contributed by atoms with E-state index in [-0.39, 0.29) is 5.91 Å². The van der Waals surface area contributed by atoms with Crippen molar-refractivity contribution in [1.29, 1.82) is 0 Å². The van der Waals surface area contributed by atoms with Gasteiger partial charge in [0.2, 0.25) is 5.91 Å². The molecule has 1 aliphatic rings. The summed E-state index contributed by atoms with van der Waals surface area (Å²) in [6.45, 7) is 0.756. The zero-order valence-electron chi connectivity index (χ0n) is 7.47. The molecule has 1 amide bonds. The van der Waals surface area contributed by atoms with Crippen LogP contribution in [0, 0.1) is 0 Å². The number of nitrogens with one attached hydrogen (secondary N) is 2. The Morgan fingerprint density at radius 1 is 1.50 bits per heavy atom. The number of hydrogen-bond acceptors (Lipinski definition) is 2. The van der Waals surface area contributed by atoms with Gasteiger partial charge in [-0.05, 0) is 19.9 Å². The first-order valence-corrected chi connectivity index (χ1v) is 4.42. The van der Waals surface area contributed by atoms with Crippen molar-refractivity contribution in [3.63, 3.8) is 0 Å². The Labute approximate surface area is 73.2 Å². The highest BCUT2D eigenvalue weighted by molar-refractivity contribution is 5.76. The molecule has 0 unspecified atom stereocenters. The lowest BCUT2D eigenvalue weighted by Crippen LogP contribution is -2.34. The van der Waals surface area contributed by atoms with E-state index in [9.17, 15) is 4.79 Å². The third kappa shape index (κ3) is 3.05. The molecule has 0 aromatic rings. The fourth-order valence-corrected chi connectivity index (χ4v) is 1.27. The molecule has 0 saturated heterocycles. The van der Waals surface area contributed by atoms with Crippen LogP contribution in [-0.2, 0) is 4.79 Å². The molecule has 1 aliphatic carbocycles. The minimum absolute atomic E-state index is 0.151. The smallest absolute Gasteiger partial charge is 0.221 e. The SMILES string of the molecule is CNCCC(=O)NC1CC=CC1. The second-order valence-corrected chi connectivity index (χ2v) is 3.06. The van der Waals surface area contributed by atoms with Gasteiger partial charge in [-0.1, -0.05) is 12.2 Å². The fourth-order valence-electron chi connectivity index (χ4n) is 1.27. The molecular weight excluding hydrogens is 152 g/mol. The summed E-state index contributed by atoms with van der Waals surface area (Å²) in [4.78, 5) is 11.2. The van der Waals surface area contributed by atoms with Gasteiger partial charge in [0.1, 0.15) is 0 Å². The van der Waals surface area contributed by atoms with Gasteiger partial charge in [-0.2, -0.15) is 0 Å². The van der Waals surface area contributed by atoms with Gasteiger partial charge in [0.25, 0.3) is 0 Å². The van der Waals surface area contributed by atoms with Crippen LogP contribution in [0.4, 0.5) is 0 Å². The van der Waals surface area contributed by atoms with E-state index in [4.69, 9.17) is 0 Å². The second-order valence-electron chi connectivity index (χ2n) is 3.06. The lowest BCUT2D eigenvalue weighted by Gasteiger charge is -2.11. The van der Waals surface area contributed by atoms with Crippen LogP contribution in [0.1, 0.15) is 19.3 Å². The third-order valence-electron chi connectivity index (χ3n) is 1.98. The molecule has 0 aliphatic heterocycles. The van der Waals surface area contributed by atoms with Crippen LogP contribution in [0.25, 0.3) is 0 Å². The molecule has 0 aromatic heterocycles. The largest absolute Gasteiger partial charge is 0.353 e. The van der Waals surface area contributed by atoms with E-state index in [2.05, 4.69) is 22.8 Å². The predicted octanol–water partition coefficient (Wildman–Crippen LogP) is 0.431. The molecule has 0 fully saturated rings. The van der Waals surface area contributed by atoms with Crippen LogP contribution < -0.4 is 10.6 Å². The van der Waals surface area contributed by atoms with Crippen molar-refractivity contribution in [3.8, 4) is 0 Å². The minimum atomic E-state index is 0.151. The molecule has 0 atom stereocenters. The third-order valence-corrected chi connectivity index (χ3v) is 1.98. The first kappa shape index (κ1) is 9.26. The van der Waals surface area contributed by atoms with Gasteiger partial charge >= 0.3 is 0 Å². The van der Waals surface area contributed by atoms with Gasteiger partial charge < -0.3 is 10.6 Å². The van der Waals surface area contributed by atoms with Crippen molar-refractivity contribution < 1.29 is 4.79 Å². The molecule has 3 nitrogen and oxygen atoms in total. The molecule has 0 saturated carbocycles. The van der Waals surface area contributed by atoms with Crippen LogP contribution in [0.5, 0.6) is 0 Å². The highest BCUT2D eigenvalue weighted by Gasteiger charge is 2.11. The Kier molecular flexibility index (Phi) is 3.80. The average molecular weight is 168 g/mol. The van der Waals surface area contributed by atoms with E-state index in [0.717, 1.165) is 19.4 Å². The fraction of sp³-hybridized carbons (Fsp3) is 0.667. The molecule has 2 N–H and O–H groups in total. The summed E-state index contributed by atoms with van der Waals surface area (Å²) in [5.41, 5.74) is 0. The molecule has 0 spiro atoms. The Morgan fingerprint density at radius 3 is 2.75 bits per heavy atom. The zero-order chi connectivity index (χ0) is 8.81. The van der Waals surface area contributed by atoms with E-state index in [1.807, 2.05) is 7.05 Å². The summed E-state index contributed by atoms with van der Waals surface area (Å²) in [5, 5.41) is 5.92. The number of carbonyl (C=O) groups excluding carboxylic acids is 1. The molecule has 12 heavy (non-hydrogen) atoms. The number of hydrogen-bond donors (Lipinski definition) is 2. The van der Waals surface area contributed by atoms with Crippen molar-refractivity contribution >= 4 is 5.91 Å². The summed E-state index contributed by atoms with van der Waals surface area (Å²) in [6.07, 6.45) is 6.79. The normalized spacial score (nSPS) is 16.8. The molecule has 0 aromatic carbocycles. The summed E-state index contributed by atoms with van der Waals surface area (Å²) in [7, 11) is 1.85. The average Bonchev–Trinajstić information content (AvgIpc) is 2.53. The highest BCUT2D eigenvalue weighted by Crippen LogP contribution is 2.08. The monoisotopic (exact) mass is 168 g/mol. The molecule has 0 bridgehead atoms. The zero-order valence-corrected chi connectivity index (χ0v) is 7.47. The minimum Gasteiger partial charge on any atom is -0.353 e. The molecule has 1 rings (SSSR count). The summed E-state index contributed by atoms with van der Waals surface area (Å²) in [6, 6.07) is 0.356. The van der Waals surface area contributed by atoms with Gasteiger partial charge in [0, 0.05) is 19.0 Å². The van der Waals surface area contributed by atoms with E-state index in [1.54, 1.807) is 0 Å². The quantitative estimate of drug-likeness (QED) is 0.598. The lowest BCUT2D eigenvalue weighted by molar-refractivity contribution is -0.121. The highest BCUT2D eigenvalue weighted by atomic mass is 16.1. The summed E-state index contributed by atoms with van der Waals surface area (Å²) in [5.74, 6) is 0.151. The molecular formula is C9H16N2O. The van der Waals surface area contributed by atoms with Crippen molar-refractivity contribution in [1.82, 2.24) is 10.6 Å². The van der Waals surface area contributed by atoms with Crippen LogP contribution in [-0.4, -0.2) is 25.5 Å². The number of rotatable bonds is 4. The van der Waals surface area contributed by atoms with Gasteiger partial charge in [-0.15, -0.1) is 0 Å². The van der Waals surface area contributed by atoms with E-state index < -0.39 is 0 Å². The Hall–Kier alpha value is -0.830. The van der Waals surface area contributed by atoms with Crippen LogP contribution in [0.2, 0.25) is 0 Å². The van der Waals surface area contributed by atoms with Gasteiger partial charge in [-0.3, -0.25) is 4.79 Å². The van der Waals surface area contributed by atoms with Gasteiger partial charge in [-0.25, -0.2) is 0 Å². The molecule has 68 valence electrons. The maximum absolute atomic E-state index is 11.2. The van der Waals surface area contributed by atoms with E-state index in [1.165, 1.54) is 0 Å². The van der Waals surface area contributed by atoms with Gasteiger partial charge in [0.05, 0.1) is 0 Å². The topological polar surface area (TPSA) is 41.1 Å². The lowest BCUT2D eigenvalue weighted by atomic mass is 10.2. The second kappa shape index (κ2) is 4.93. The maximum Gasteiger partial charge on any atom is 0.221 e. The Balaban J connectivity index is 2.09. The molecule has 3 heteroatoms. The van der Waals surface area contributed by atoms with Crippen LogP contribution in [0.3, 0.4) is 0 Å². The van der Waals surface area contributed by atoms with Crippen LogP contribution >= 0.6 is 0 Å².